The van der Waals surface area contributed by atoms with E-state index in [-0.39, 0.29) is 25.9 Å². The number of allylic oxidation sites excluding steroid dienone is 18. The first kappa shape index (κ1) is 72.1. The lowest BCUT2D eigenvalue weighted by Gasteiger charge is -2.21. The Morgan fingerprint density at radius 3 is 1.05 bits per heavy atom. The molecule has 0 amide bonds. The summed E-state index contributed by atoms with van der Waals surface area (Å²) in [5.74, 6) is -1.52. The van der Waals surface area contributed by atoms with Gasteiger partial charge in [0, 0.05) is 19.3 Å². The maximum Gasteiger partial charge on any atom is 0.472 e. The first-order valence-corrected chi connectivity index (χ1v) is 31.3. The molecular formula is C64H107O11P. The van der Waals surface area contributed by atoms with E-state index in [0.717, 1.165) is 161 Å². The van der Waals surface area contributed by atoms with Gasteiger partial charge in [-0.1, -0.05) is 207 Å². The van der Waals surface area contributed by atoms with Crippen LogP contribution in [0, 0.1) is 0 Å². The number of phosphoric acid groups is 1. The van der Waals surface area contributed by atoms with Crippen LogP contribution in [-0.4, -0.2) is 66.5 Å². The molecule has 0 bridgehead atoms. The molecule has 0 aromatic rings. The molecule has 0 aliphatic carbocycles. The summed E-state index contributed by atoms with van der Waals surface area (Å²) in [7, 11) is -4.77. The van der Waals surface area contributed by atoms with Gasteiger partial charge in [-0.05, 0) is 122 Å². The normalized spacial score (nSPS) is 14.1. The molecule has 0 aliphatic heterocycles. The van der Waals surface area contributed by atoms with Crippen LogP contribution < -0.4 is 0 Å². The lowest BCUT2D eigenvalue weighted by Crippen LogP contribution is -2.30. The number of hydrogen-bond acceptors (Lipinski definition) is 10. The second-order valence-corrected chi connectivity index (χ2v) is 20.8. The summed E-state index contributed by atoms with van der Waals surface area (Å²) in [4.78, 5) is 48.6. The van der Waals surface area contributed by atoms with Gasteiger partial charge in [0.15, 0.2) is 6.10 Å². The molecular weight excluding hydrogens is 976 g/mol. The number of aliphatic hydroxyl groups excluding tert-OH is 1. The molecule has 3 atom stereocenters. The Balaban J connectivity index is 4.79. The molecule has 0 aromatic heterocycles. The van der Waals surface area contributed by atoms with Gasteiger partial charge in [-0.2, -0.15) is 0 Å². The van der Waals surface area contributed by atoms with Crippen molar-refractivity contribution in [2.45, 2.75) is 251 Å². The smallest absolute Gasteiger partial charge is 0.462 e. The van der Waals surface area contributed by atoms with E-state index in [1.54, 1.807) is 0 Å². The average Bonchev–Trinajstić information content (AvgIpc) is 3.41. The first-order valence-electron chi connectivity index (χ1n) is 29.8. The highest BCUT2D eigenvalue weighted by atomic mass is 31.2. The average molecular weight is 1080 g/mol. The Morgan fingerprint density at radius 1 is 0.382 bits per heavy atom. The number of rotatable bonds is 54. The van der Waals surface area contributed by atoms with Gasteiger partial charge < -0.3 is 24.2 Å². The number of carbonyl (C=O) groups excluding carboxylic acids is 3. The van der Waals surface area contributed by atoms with Crippen molar-refractivity contribution in [1.82, 2.24) is 0 Å². The Morgan fingerprint density at radius 2 is 0.684 bits per heavy atom. The van der Waals surface area contributed by atoms with Crippen LogP contribution in [0.1, 0.15) is 239 Å². The summed E-state index contributed by atoms with van der Waals surface area (Å²) >= 11 is 0. The third-order valence-corrected chi connectivity index (χ3v) is 13.1. The van der Waals surface area contributed by atoms with Crippen molar-refractivity contribution in [3.8, 4) is 0 Å². The zero-order chi connectivity index (χ0) is 55.5. The molecule has 0 radical (unpaired) electrons. The molecule has 12 heteroatoms. The van der Waals surface area contributed by atoms with Crippen LogP contribution in [-0.2, 0) is 42.2 Å². The molecule has 0 aliphatic rings. The van der Waals surface area contributed by atoms with Crippen molar-refractivity contribution in [3.05, 3.63) is 109 Å². The van der Waals surface area contributed by atoms with Crippen LogP contribution in [0.25, 0.3) is 0 Å². The Labute approximate surface area is 463 Å². The molecule has 434 valence electrons. The summed E-state index contributed by atoms with van der Waals surface area (Å²) in [6.07, 6.45) is 68.9. The summed E-state index contributed by atoms with van der Waals surface area (Å²) in [5.41, 5.74) is 0. The fourth-order valence-corrected chi connectivity index (χ4v) is 8.47. The minimum atomic E-state index is -4.77. The predicted octanol–water partition coefficient (Wildman–Crippen LogP) is 17.8. The summed E-state index contributed by atoms with van der Waals surface area (Å²) in [6, 6.07) is 0. The van der Waals surface area contributed by atoms with Gasteiger partial charge in [-0.25, -0.2) is 4.57 Å². The van der Waals surface area contributed by atoms with E-state index in [1.807, 2.05) is 0 Å². The maximum absolute atomic E-state index is 12.9. The molecule has 0 saturated carbocycles. The fourth-order valence-electron chi connectivity index (χ4n) is 7.69. The van der Waals surface area contributed by atoms with Gasteiger partial charge >= 0.3 is 25.7 Å². The van der Waals surface area contributed by atoms with Crippen molar-refractivity contribution in [2.24, 2.45) is 0 Å². The van der Waals surface area contributed by atoms with E-state index in [2.05, 4.69) is 130 Å². The number of aliphatic hydroxyl groups is 1. The zero-order valence-corrected chi connectivity index (χ0v) is 48.8. The number of hydrogen-bond donors (Lipinski definition) is 2. The monoisotopic (exact) mass is 1080 g/mol. The number of carbonyl (C=O) groups is 3. The highest BCUT2D eigenvalue weighted by Gasteiger charge is 2.28. The van der Waals surface area contributed by atoms with Gasteiger partial charge in [0.25, 0.3) is 0 Å². The van der Waals surface area contributed by atoms with Crippen LogP contribution in [0.4, 0.5) is 0 Å². The standard InChI is InChI=1S/C64H107O11P/c1-4-7-10-13-16-19-22-25-28-29-30-31-34-37-40-43-46-49-52-55-64(68)75-61(57-71-62(66)53-50-47-44-41-38-35-32-26-23-20-17-14-11-8-5-2)59-73-76(69,70)72-58-60(56-65)74-63(67)54-51-48-45-42-39-36-33-27-24-21-18-15-12-9-6-3/h7-8,10-11,16-21,25-28,30-33,60-61,65H,4-6,9,12-15,22-24,29,34-59H2,1-3H3,(H,69,70)/b10-7-,11-8-,19-16-,20-17-,21-18-,28-25-,31-30-,32-26-,33-27-. The van der Waals surface area contributed by atoms with Gasteiger partial charge in [-0.3, -0.25) is 23.4 Å². The number of unbranched alkanes of at least 4 members (excludes halogenated alkanes) is 19. The molecule has 76 heavy (non-hydrogen) atoms. The minimum absolute atomic E-state index is 0.141. The number of esters is 3. The fraction of sp³-hybridized carbons (Fsp3) is 0.672. The summed E-state index contributed by atoms with van der Waals surface area (Å²) in [5, 5.41) is 9.83. The van der Waals surface area contributed by atoms with E-state index < -0.39 is 57.8 Å². The highest BCUT2D eigenvalue weighted by molar-refractivity contribution is 7.47. The molecule has 2 N–H and O–H groups in total. The van der Waals surface area contributed by atoms with Crippen molar-refractivity contribution in [1.29, 1.82) is 0 Å². The van der Waals surface area contributed by atoms with E-state index in [4.69, 9.17) is 23.3 Å². The molecule has 0 fully saturated rings. The van der Waals surface area contributed by atoms with Crippen molar-refractivity contribution in [3.63, 3.8) is 0 Å². The van der Waals surface area contributed by atoms with Crippen LogP contribution in [0.2, 0.25) is 0 Å². The van der Waals surface area contributed by atoms with Gasteiger partial charge in [0.2, 0.25) is 0 Å². The Hall–Kier alpha value is -3.86. The van der Waals surface area contributed by atoms with Crippen molar-refractivity contribution in [2.75, 3.05) is 26.4 Å². The molecule has 0 aromatic carbocycles. The van der Waals surface area contributed by atoms with E-state index in [0.29, 0.717) is 19.3 Å². The van der Waals surface area contributed by atoms with Crippen LogP contribution in [0.5, 0.6) is 0 Å². The molecule has 0 saturated heterocycles. The van der Waals surface area contributed by atoms with E-state index >= 15 is 0 Å². The Bertz CT molecular complexity index is 1690. The second-order valence-electron chi connectivity index (χ2n) is 19.4. The molecule has 3 unspecified atom stereocenters. The lowest BCUT2D eigenvalue weighted by molar-refractivity contribution is -0.161. The topological polar surface area (TPSA) is 155 Å². The quantitative estimate of drug-likeness (QED) is 0.0197. The number of phosphoric ester groups is 1. The lowest BCUT2D eigenvalue weighted by atomic mass is 10.1. The molecule has 0 spiro atoms. The van der Waals surface area contributed by atoms with E-state index in [1.165, 1.54) is 19.3 Å². The number of ether oxygens (including phenoxy) is 3. The zero-order valence-electron chi connectivity index (χ0n) is 47.9. The third-order valence-electron chi connectivity index (χ3n) is 12.2. The highest BCUT2D eigenvalue weighted by Crippen LogP contribution is 2.43. The van der Waals surface area contributed by atoms with Crippen LogP contribution >= 0.6 is 7.82 Å². The van der Waals surface area contributed by atoms with Gasteiger partial charge in [0.05, 0.1) is 19.8 Å². The maximum atomic E-state index is 12.9. The van der Waals surface area contributed by atoms with Crippen LogP contribution in [0.15, 0.2) is 109 Å². The largest absolute Gasteiger partial charge is 0.472 e. The molecule has 0 rings (SSSR count). The first-order chi connectivity index (χ1) is 37.2. The van der Waals surface area contributed by atoms with Crippen molar-refractivity contribution < 1.29 is 52.2 Å². The summed E-state index contributed by atoms with van der Waals surface area (Å²) in [6.45, 7) is 4.34. The third kappa shape index (κ3) is 54.9. The van der Waals surface area contributed by atoms with Gasteiger partial charge in [-0.15, -0.1) is 0 Å². The van der Waals surface area contributed by atoms with Gasteiger partial charge in [0.1, 0.15) is 12.7 Å². The van der Waals surface area contributed by atoms with E-state index in [9.17, 15) is 28.9 Å². The summed E-state index contributed by atoms with van der Waals surface area (Å²) < 4.78 is 39.5. The Kier molecular flexibility index (Phi) is 54.4. The molecule has 0 heterocycles. The second kappa shape index (κ2) is 57.3. The minimum Gasteiger partial charge on any atom is -0.462 e. The van der Waals surface area contributed by atoms with Crippen LogP contribution in [0.3, 0.4) is 0 Å². The SMILES string of the molecule is CC/C=C\C/C=C\C/C=C\C/C=C\CCCCCCCCC(=O)OC(COC(=O)CCCCCCC/C=C\C/C=C\C/C=C\CC)COP(=O)(O)OCC(CO)OC(=O)CCCCCCC/C=C\C/C=C\CCCCC. The molecule has 11 nitrogen and oxygen atoms in total. The van der Waals surface area contributed by atoms with Crippen molar-refractivity contribution >= 4 is 25.7 Å². The predicted molar refractivity (Wildman–Crippen MR) is 316 cm³/mol.